The van der Waals surface area contributed by atoms with Crippen LogP contribution in [0.3, 0.4) is 0 Å². The second kappa shape index (κ2) is 5.98. The highest BCUT2D eigenvalue weighted by molar-refractivity contribution is 9.09. The molecular weight excluding hydrogens is 219 g/mol. The lowest BCUT2D eigenvalue weighted by Crippen LogP contribution is -2.03. The number of hydrogen-bond donors (Lipinski definition) is 1. The molecule has 1 N–H and O–H groups in total. The monoisotopic (exact) mass is 228 g/mol. The van der Waals surface area contributed by atoms with Gasteiger partial charge >= 0.3 is 5.97 Å². The highest BCUT2D eigenvalue weighted by Gasteiger charge is 2.05. The van der Waals surface area contributed by atoms with Gasteiger partial charge in [-0.15, -0.1) is 11.6 Å². The lowest BCUT2D eigenvalue weighted by atomic mass is 10.2. The third kappa shape index (κ3) is 6.36. The maximum absolute atomic E-state index is 10.0. The molecule has 0 aromatic rings. The topological polar surface area (TPSA) is 37.3 Å². The number of alkyl halides is 2. The Bertz CT molecular complexity index is 108. The fourth-order valence-corrected chi connectivity index (χ4v) is 1.58. The van der Waals surface area contributed by atoms with E-state index < -0.39 is 5.97 Å². The molecule has 60 valence electrons. The number of carbonyl (C=O) groups is 1. The zero-order valence-corrected chi connectivity index (χ0v) is 7.86. The van der Waals surface area contributed by atoms with E-state index in [1.54, 1.807) is 0 Å². The summed E-state index contributed by atoms with van der Waals surface area (Å²) in [6.45, 7) is 0. The predicted octanol–water partition coefficient (Wildman–Crippen LogP) is 2.24. The highest BCUT2D eigenvalue weighted by Crippen LogP contribution is 2.10. The predicted molar refractivity (Wildman–Crippen MR) is 44.9 cm³/mol. The number of hydrogen-bond acceptors (Lipinski definition) is 1. The second-order valence-corrected chi connectivity index (χ2v) is 3.42. The standard InChI is InChI=1S/C6H10BrClO2/c7-4-3-5(8)1-2-6(9)10/h5H,1-4H2,(H,9,10). The van der Waals surface area contributed by atoms with Crippen LogP contribution in [0, 0.1) is 0 Å². The summed E-state index contributed by atoms with van der Waals surface area (Å²) in [4.78, 5) is 10.0. The van der Waals surface area contributed by atoms with Crippen LogP contribution in [0.25, 0.3) is 0 Å². The normalized spacial score (nSPS) is 13.0. The van der Waals surface area contributed by atoms with Crippen LogP contribution >= 0.6 is 27.5 Å². The minimum Gasteiger partial charge on any atom is -0.481 e. The van der Waals surface area contributed by atoms with Crippen molar-refractivity contribution in [2.24, 2.45) is 0 Å². The van der Waals surface area contributed by atoms with Crippen LogP contribution in [-0.2, 0) is 4.79 Å². The molecule has 0 saturated carbocycles. The molecule has 0 heterocycles. The van der Waals surface area contributed by atoms with Gasteiger partial charge in [-0.25, -0.2) is 0 Å². The Kier molecular flexibility index (Phi) is 6.13. The van der Waals surface area contributed by atoms with Gasteiger partial charge in [-0.05, 0) is 12.8 Å². The Balaban J connectivity index is 3.21. The van der Waals surface area contributed by atoms with E-state index in [9.17, 15) is 4.79 Å². The van der Waals surface area contributed by atoms with Gasteiger partial charge in [0.25, 0.3) is 0 Å². The minimum atomic E-state index is -0.778. The Labute approximate surface area is 73.7 Å². The minimum absolute atomic E-state index is 0.00419. The van der Waals surface area contributed by atoms with Gasteiger partial charge in [0.15, 0.2) is 0 Å². The lowest BCUT2D eigenvalue weighted by molar-refractivity contribution is -0.137. The lowest BCUT2D eigenvalue weighted by Gasteiger charge is -2.03. The quantitative estimate of drug-likeness (QED) is 0.734. The molecular formula is C6H10BrClO2. The van der Waals surface area contributed by atoms with Crippen LogP contribution in [0.5, 0.6) is 0 Å². The molecule has 4 heteroatoms. The fraction of sp³-hybridized carbons (Fsp3) is 0.833. The van der Waals surface area contributed by atoms with E-state index in [0.717, 1.165) is 11.8 Å². The third-order valence-electron chi connectivity index (χ3n) is 1.09. The van der Waals surface area contributed by atoms with E-state index in [4.69, 9.17) is 16.7 Å². The van der Waals surface area contributed by atoms with Crippen molar-refractivity contribution < 1.29 is 9.90 Å². The number of carboxylic acid groups (broad SMARTS) is 1. The zero-order valence-electron chi connectivity index (χ0n) is 5.52. The van der Waals surface area contributed by atoms with Gasteiger partial charge < -0.3 is 5.11 Å². The number of halogens is 2. The van der Waals surface area contributed by atoms with E-state index in [1.165, 1.54) is 0 Å². The summed E-state index contributed by atoms with van der Waals surface area (Å²) >= 11 is 8.96. The third-order valence-corrected chi connectivity index (χ3v) is 1.99. The smallest absolute Gasteiger partial charge is 0.303 e. The molecule has 0 aliphatic rings. The maximum atomic E-state index is 10.0. The molecule has 1 unspecified atom stereocenters. The summed E-state index contributed by atoms with van der Waals surface area (Å²) in [7, 11) is 0. The van der Waals surface area contributed by atoms with Gasteiger partial charge in [0.2, 0.25) is 0 Å². The van der Waals surface area contributed by atoms with Gasteiger partial charge in [0, 0.05) is 17.1 Å². The van der Waals surface area contributed by atoms with Crippen LogP contribution in [0.4, 0.5) is 0 Å². The molecule has 0 bridgehead atoms. The highest BCUT2D eigenvalue weighted by atomic mass is 79.9. The molecule has 0 amide bonds. The average molecular weight is 230 g/mol. The maximum Gasteiger partial charge on any atom is 0.303 e. The molecule has 0 aromatic heterocycles. The first-order valence-corrected chi connectivity index (χ1v) is 4.64. The van der Waals surface area contributed by atoms with Crippen molar-refractivity contribution in [3.8, 4) is 0 Å². The molecule has 0 fully saturated rings. The number of carboxylic acids is 1. The molecule has 0 rings (SSSR count). The van der Waals surface area contributed by atoms with Gasteiger partial charge in [-0.3, -0.25) is 4.79 Å². The summed E-state index contributed by atoms with van der Waals surface area (Å²) in [5.41, 5.74) is 0. The second-order valence-electron chi connectivity index (χ2n) is 2.01. The summed E-state index contributed by atoms with van der Waals surface area (Å²) in [5.74, 6) is -0.778. The van der Waals surface area contributed by atoms with Crippen molar-refractivity contribution >= 4 is 33.5 Å². The summed E-state index contributed by atoms with van der Waals surface area (Å²) in [5, 5.41) is 9.09. The number of rotatable bonds is 5. The Morgan fingerprint density at radius 3 is 2.60 bits per heavy atom. The largest absolute Gasteiger partial charge is 0.481 e. The first-order valence-electron chi connectivity index (χ1n) is 3.08. The van der Waals surface area contributed by atoms with Crippen molar-refractivity contribution in [1.82, 2.24) is 0 Å². The summed E-state index contributed by atoms with van der Waals surface area (Å²) in [6, 6.07) is 0. The zero-order chi connectivity index (χ0) is 7.98. The molecule has 1 atom stereocenters. The van der Waals surface area contributed by atoms with Crippen molar-refractivity contribution in [1.29, 1.82) is 0 Å². The SMILES string of the molecule is O=C(O)CCC(Cl)CCBr. The Hall–Kier alpha value is 0.240. The first kappa shape index (κ1) is 10.2. The van der Waals surface area contributed by atoms with Crippen molar-refractivity contribution in [3.63, 3.8) is 0 Å². The van der Waals surface area contributed by atoms with E-state index >= 15 is 0 Å². The van der Waals surface area contributed by atoms with Crippen molar-refractivity contribution in [2.75, 3.05) is 5.33 Å². The molecule has 0 spiro atoms. The fourth-order valence-electron chi connectivity index (χ4n) is 0.543. The van der Waals surface area contributed by atoms with Crippen LogP contribution in [0.2, 0.25) is 0 Å². The molecule has 0 aliphatic heterocycles. The molecule has 10 heavy (non-hydrogen) atoms. The van der Waals surface area contributed by atoms with Crippen LogP contribution in [0.15, 0.2) is 0 Å². The van der Waals surface area contributed by atoms with Crippen molar-refractivity contribution in [2.45, 2.75) is 24.6 Å². The molecule has 2 nitrogen and oxygen atoms in total. The van der Waals surface area contributed by atoms with E-state index in [-0.39, 0.29) is 11.8 Å². The van der Waals surface area contributed by atoms with Crippen molar-refractivity contribution in [3.05, 3.63) is 0 Å². The molecule has 0 aliphatic carbocycles. The number of aliphatic carboxylic acids is 1. The van der Waals surface area contributed by atoms with Crippen LogP contribution < -0.4 is 0 Å². The van der Waals surface area contributed by atoms with E-state index in [0.29, 0.717) is 6.42 Å². The van der Waals surface area contributed by atoms with Gasteiger partial charge in [0.1, 0.15) is 0 Å². The van der Waals surface area contributed by atoms with Crippen LogP contribution in [-0.4, -0.2) is 21.8 Å². The molecule has 0 aromatic carbocycles. The Morgan fingerprint density at radius 2 is 2.20 bits per heavy atom. The summed E-state index contributed by atoms with van der Waals surface area (Å²) < 4.78 is 0. The van der Waals surface area contributed by atoms with Crippen LogP contribution in [0.1, 0.15) is 19.3 Å². The molecule has 0 radical (unpaired) electrons. The summed E-state index contributed by atoms with van der Waals surface area (Å²) in [6.07, 6.45) is 1.55. The van der Waals surface area contributed by atoms with Gasteiger partial charge in [-0.1, -0.05) is 15.9 Å². The average Bonchev–Trinajstić information content (AvgIpc) is 1.85. The Morgan fingerprint density at radius 1 is 1.60 bits per heavy atom. The van der Waals surface area contributed by atoms with Gasteiger partial charge in [-0.2, -0.15) is 0 Å². The van der Waals surface area contributed by atoms with E-state index in [2.05, 4.69) is 15.9 Å². The van der Waals surface area contributed by atoms with E-state index in [1.807, 2.05) is 0 Å². The molecule has 0 saturated heterocycles. The van der Waals surface area contributed by atoms with Gasteiger partial charge in [0.05, 0.1) is 0 Å². The first-order chi connectivity index (χ1) is 4.66.